The van der Waals surface area contributed by atoms with Gasteiger partial charge in [0.2, 0.25) is 11.2 Å². The first-order chi connectivity index (χ1) is 15.9. The summed E-state index contributed by atoms with van der Waals surface area (Å²) in [4.78, 5) is 22.4. The number of nitrogens with zero attached hydrogens (tertiary/aromatic N) is 2. The van der Waals surface area contributed by atoms with Crippen LogP contribution in [-0.2, 0) is 11.3 Å². The number of rotatable bonds is 7. The molecule has 2 heterocycles. The summed E-state index contributed by atoms with van der Waals surface area (Å²) in [5, 5.41) is 10.6. The van der Waals surface area contributed by atoms with Gasteiger partial charge in [-0.15, -0.1) is 0 Å². The monoisotopic (exact) mass is 447 g/mol. The first-order valence-corrected chi connectivity index (χ1v) is 10.3. The van der Waals surface area contributed by atoms with Gasteiger partial charge in [0.1, 0.15) is 35.3 Å². The number of aromatic amines is 1. The third-order valence-electron chi connectivity index (χ3n) is 5.21. The number of imidazole rings is 1. The van der Waals surface area contributed by atoms with E-state index in [1.54, 1.807) is 7.11 Å². The minimum absolute atomic E-state index is 0.00373. The second-order valence-electron chi connectivity index (χ2n) is 7.67. The van der Waals surface area contributed by atoms with E-state index >= 15 is 0 Å². The van der Waals surface area contributed by atoms with Gasteiger partial charge in [0.05, 0.1) is 7.11 Å². The molecule has 0 unspecified atom stereocenters. The van der Waals surface area contributed by atoms with E-state index in [1.807, 2.05) is 67.5 Å². The van der Waals surface area contributed by atoms with E-state index in [9.17, 15) is 9.90 Å². The smallest absolute Gasteiger partial charge is 0.227 e. The maximum absolute atomic E-state index is 12.4. The minimum Gasteiger partial charge on any atom is -0.501 e. The predicted molar refractivity (Wildman–Crippen MR) is 127 cm³/mol. The molecule has 2 aromatic heterocycles. The summed E-state index contributed by atoms with van der Waals surface area (Å²) in [5.74, 6) is 1.07. The molecule has 8 heteroatoms. The van der Waals surface area contributed by atoms with Crippen LogP contribution in [-0.4, -0.2) is 43.4 Å². The first kappa shape index (κ1) is 22.2. The van der Waals surface area contributed by atoms with Crippen LogP contribution in [0.3, 0.4) is 0 Å². The van der Waals surface area contributed by atoms with Gasteiger partial charge in [0, 0.05) is 44.1 Å². The van der Waals surface area contributed by atoms with Gasteiger partial charge in [-0.1, -0.05) is 0 Å². The molecule has 170 valence electrons. The molecular weight excluding hydrogens is 422 g/mol. The van der Waals surface area contributed by atoms with Crippen molar-refractivity contribution < 1.29 is 19.0 Å². The van der Waals surface area contributed by atoms with Gasteiger partial charge in [-0.05, 0) is 48.5 Å². The average Bonchev–Trinajstić information content (AvgIpc) is 3.27. The number of aromatic nitrogens is 2. The van der Waals surface area contributed by atoms with Crippen LogP contribution in [0.15, 0.2) is 63.8 Å². The number of hydrogen-bond donors (Lipinski definition) is 2. The number of hydrogen-bond acceptors (Lipinski definition) is 7. The van der Waals surface area contributed by atoms with E-state index < -0.39 is 11.2 Å². The molecule has 2 aromatic carbocycles. The molecule has 0 saturated carbocycles. The lowest BCUT2D eigenvalue weighted by atomic mass is 10.1. The van der Waals surface area contributed by atoms with Crippen LogP contribution in [0, 0.1) is 0 Å². The third kappa shape index (κ3) is 4.47. The molecule has 8 nitrogen and oxygen atoms in total. The summed E-state index contributed by atoms with van der Waals surface area (Å²) in [6.45, 7) is 0.0907. The maximum Gasteiger partial charge on any atom is 0.227 e. The zero-order valence-corrected chi connectivity index (χ0v) is 18.9. The second kappa shape index (κ2) is 9.22. The Hall–Kier alpha value is -4.04. The van der Waals surface area contributed by atoms with Gasteiger partial charge in [0.15, 0.2) is 5.76 Å². The Bertz CT molecular complexity index is 1310. The van der Waals surface area contributed by atoms with Crippen molar-refractivity contribution in [2.75, 3.05) is 33.2 Å². The number of anilines is 1. The fourth-order valence-corrected chi connectivity index (χ4v) is 3.47. The molecule has 0 radical (unpaired) electrons. The average molecular weight is 447 g/mol. The van der Waals surface area contributed by atoms with Gasteiger partial charge in [-0.25, -0.2) is 4.98 Å². The van der Waals surface area contributed by atoms with Crippen LogP contribution >= 0.6 is 0 Å². The zero-order valence-electron chi connectivity index (χ0n) is 18.9. The number of H-pyrrole nitrogens is 1. The molecule has 0 atom stereocenters. The summed E-state index contributed by atoms with van der Waals surface area (Å²) in [6.07, 6.45) is 0. The van der Waals surface area contributed by atoms with Crippen molar-refractivity contribution in [2.45, 2.75) is 6.61 Å². The fraction of sp³-hybridized carbons (Fsp3) is 0.200. The summed E-state index contributed by atoms with van der Waals surface area (Å²) in [7, 11) is 7.04. The number of methoxy groups -OCH3 is 2. The molecular formula is C25H25N3O5. The molecule has 4 rings (SSSR count). The molecule has 0 aliphatic carbocycles. The molecule has 4 aromatic rings. The Morgan fingerprint density at radius 3 is 2.30 bits per heavy atom. The SMILES string of the molecule is COCc1cc(=O)c(O)c(-c2[nH]c(-c3ccc(N(C)C)cc3)nc2-c2ccc(OC)cc2)o1. The Morgan fingerprint density at radius 2 is 1.70 bits per heavy atom. The predicted octanol–water partition coefficient (Wildman–Crippen LogP) is 4.29. The van der Waals surface area contributed by atoms with E-state index in [4.69, 9.17) is 18.9 Å². The van der Waals surface area contributed by atoms with Crippen molar-refractivity contribution >= 4 is 5.69 Å². The highest BCUT2D eigenvalue weighted by Crippen LogP contribution is 2.37. The van der Waals surface area contributed by atoms with Gasteiger partial charge in [-0.2, -0.15) is 0 Å². The van der Waals surface area contributed by atoms with Crippen molar-refractivity contribution in [3.8, 4) is 45.6 Å². The van der Waals surface area contributed by atoms with E-state index in [2.05, 4.69) is 4.98 Å². The van der Waals surface area contributed by atoms with E-state index in [0.29, 0.717) is 28.7 Å². The molecule has 33 heavy (non-hydrogen) atoms. The topological polar surface area (TPSA) is 101 Å². The number of benzene rings is 2. The van der Waals surface area contributed by atoms with Crippen molar-refractivity contribution in [1.82, 2.24) is 9.97 Å². The first-order valence-electron chi connectivity index (χ1n) is 10.3. The molecule has 0 aliphatic heterocycles. The Balaban J connectivity index is 1.90. The summed E-state index contributed by atoms with van der Waals surface area (Å²) in [5.41, 5.74) is 3.01. The second-order valence-corrected chi connectivity index (χ2v) is 7.67. The fourth-order valence-electron chi connectivity index (χ4n) is 3.47. The quantitative estimate of drug-likeness (QED) is 0.436. The summed E-state index contributed by atoms with van der Waals surface area (Å²) < 4.78 is 16.2. The van der Waals surface area contributed by atoms with E-state index in [-0.39, 0.29) is 12.4 Å². The van der Waals surface area contributed by atoms with Crippen LogP contribution in [0.2, 0.25) is 0 Å². The van der Waals surface area contributed by atoms with Gasteiger partial charge in [-0.3, -0.25) is 4.79 Å². The lowest BCUT2D eigenvalue weighted by Crippen LogP contribution is -2.07. The zero-order chi connectivity index (χ0) is 23.5. The van der Waals surface area contributed by atoms with Crippen LogP contribution in [0.1, 0.15) is 5.76 Å². The highest BCUT2D eigenvalue weighted by molar-refractivity contribution is 5.81. The van der Waals surface area contributed by atoms with Crippen LogP contribution in [0.5, 0.6) is 11.5 Å². The number of ether oxygens (including phenoxy) is 2. The standard InChI is InChI=1S/C25H25N3O5/c1-28(2)17-9-5-16(6-10-17)25-26-21(15-7-11-18(32-4)12-8-15)22(27-25)24-23(30)20(29)13-19(33-24)14-31-3/h5-13,30H,14H2,1-4H3,(H,26,27). The number of nitrogens with one attached hydrogen (secondary N) is 1. The molecule has 0 aliphatic rings. The summed E-state index contributed by atoms with van der Waals surface area (Å²) in [6, 6.07) is 16.4. The van der Waals surface area contributed by atoms with E-state index in [0.717, 1.165) is 16.8 Å². The van der Waals surface area contributed by atoms with Crippen molar-refractivity contribution in [2.24, 2.45) is 0 Å². The van der Waals surface area contributed by atoms with Crippen LogP contribution in [0.25, 0.3) is 34.1 Å². The Morgan fingerprint density at radius 1 is 1.03 bits per heavy atom. The van der Waals surface area contributed by atoms with Gasteiger partial charge < -0.3 is 28.9 Å². The largest absolute Gasteiger partial charge is 0.501 e. The minimum atomic E-state index is -0.560. The van der Waals surface area contributed by atoms with Crippen LogP contribution in [0.4, 0.5) is 5.69 Å². The molecule has 0 saturated heterocycles. The van der Waals surface area contributed by atoms with Crippen LogP contribution < -0.4 is 15.1 Å². The van der Waals surface area contributed by atoms with Crippen molar-refractivity contribution in [3.63, 3.8) is 0 Å². The van der Waals surface area contributed by atoms with Crippen molar-refractivity contribution in [3.05, 3.63) is 70.6 Å². The lowest BCUT2D eigenvalue weighted by Gasteiger charge is -2.12. The van der Waals surface area contributed by atoms with Gasteiger partial charge in [0.25, 0.3) is 0 Å². The maximum atomic E-state index is 12.4. The normalized spacial score (nSPS) is 10.9. The molecule has 2 N–H and O–H groups in total. The Kier molecular flexibility index (Phi) is 6.19. The van der Waals surface area contributed by atoms with Crippen molar-refractivity contribution in [1.29, 1.82) is 0 Å². The number of aromatic hydroxyl groups is 1. The molecule has 0 fully saturated rings. The van der Waals surface area contributed by atoms with Gasteiger partial charge >= 0.3 is 0 Å². The highest BCUT2D eigenvalue weighted by Gasteiger charge is 2.22. The Labute approximate surface area is 191 Å². The third-order valence-corrected chi connectivity index (χ3v) is 5.21. The lowest BCUT2D eigenvalue weighted by molar-refractivity contribution is 0.162. The van der Waals surface area contributed by atoms with E-state index in [1.165, 1.54) is 13.2 Å². The summed E-state index contributed by atoms with van der Waals surface area (Å²) >= 11 is 0. The molecule has 0 spiro atoms. The molecule has 0 bridgehead atoms. The highest BCUT2D eigenvalue weighted by atomic mass is 16.5. The molecule has 0 amide bonds.